The standard InChI is InChI=1S/C26H29FN2O4/c1-15-6-7-16(27)12-22(15)33-14-20-18(19-9-8-17(30)13-23(19)32-5)10-11-21-24(20)29(4)25(31)26(2,3)28-21/h6-13,25,28,30-31H,14H2,1-5H3. The number of aliphatic hydroxyl groups is 1. The van der Waals surface area contributed by atoms with Gasteiger partial charge >= 0.3 is 0 Å². The second-order valence-electron chi connectivity index (χ2n) is 8.90. The predicted molar refractivity (Wildman–Crippen MR) is 128 cm³/mol. The largest absolute Gasteiger partial charge is 0.508 e. The van der Waals surface area contributed by atoms with Gasteiger partial charge in [0.05, 0.1) is 24.0 Å². The molecule has 1 heterocycles. The van der Waals surface area contributed by atoms with E-state index in [-0.39, 0.29) is 18.2 Å². The third-order valence-electron chi connectivity index (χ3n) is 6.10. The van der Waals surface area contributed by atoms with Crippen molar-refractivity contribution in [3.63, 3.8) is 0 Å². The maximum atomic E-state index is 13.9. The van der Waals surface area contributed by atoms with Crippen molar-refractivity contribution < 1.29 is 24.1 Å². The zero-order chi connectivity index (χ0) is 23.9. The van der Waals surface area contributed by atoms with Gasteiger partial charge in [0.1, 0.15) is 35.9 Å². The Balaban J connectivity index is 1.88. The summed E-state index contributed by atoms with van der Waals surface area (Å²) in [6, 6.07) is 13.3. The topological polar surface area (TPSA) is 74.2 Å². The van der Waals surface area contributed by atoms with Crippen molar-refractivity contribution in [1.29, 1.82) is 0 Å². The number of ether oxygens (including phenoxy) is 2. The van der Waals surface area contributed by atoms with Crippen LogP contribution in [0.2, 0.25) is 0 Å². The van der Waals surface area contributed by atoms with E-state index >= 15 is 0 Å². The molecule has 0 amide bonds. The van der Waals surface area contributed by atoms with E-state index in [0.29, 0.717) is 11.5 Å². The van der Waals surface area contributed by atoms with E-state index < -0.39 is 11.8 Å². The zero-order valence-electron chi connectivity index (χ0n) is 19.4. The molecular weight excluding hydrogens is 423 g/mol. The molecule has 0 saturated heterocycles. The van der Waals surface area contributed by atoms with E-state index in [2.05, 4.69) is 5.32 Å². The first-order chi connectivity index (χ1) is 15.6. The van der Waals surface area contributed by atoms with Gasteiger partial charge in [-0.1, -0.05) is 12.1 Å². The summed E-state index contributed by atoms with van der Waals surface area (Å²) in [4.78, 5) is 1.82. The van der Waals surface area contributed by atoms with Crippen LogP contribution in [0.4, 0.5) is 15.8 Å². The van der Waals surface area contributed by atoms with Crippen LogP contribution in [0.15, 0.2) is 48.5 Å². The Labute approximate surface area is 193 Å². The molecule has 33 heavy (non-hydrogen) atoms. The molecule has 3 N–H and O–H groups in total. The number of rotatable bonds is 5. The van der Waals surface area contributed by atoms with Gasteiger partial charge in [0.25, 0.3) is 0 Å². The Morgan fingerprint density at radius 1 is 1.06 bits per heavy atom. The van der Waals surface area contributed by atoms with Crippen LogP contribution in [0, 0.1) is 12.7 Å². The summed E-state index contributed by atoms with van der Waals surface area (Å²) in [5, 5.41) is 24.3. The Hall–Kier alpha value is -3.45. The van der Waals surface area contributed by atoms with Gasteiger partial charge in [-0.15, -0.1) is 0 Å². The number of phenolic OH excluding ortho intramolecular Hbond substituents is 1. The third-order valence-corrected chi connectivity index (χ3v) is 6.10. The number of likely N-dealkylation sites (N-methyl/N-ethyl adjacent to an activating group) is 1. The van der Waals surface area contributed by atoms with Gasteiger partial charge in [0.2, 0.25) is 0 Å². The van der Waals surface area contributed by atoms with E-state index in [9.17, 15) is 14.6 Å². The first kappa shape index (κ1) is 22.7. The van der Waals surface area contributed by atoms with Crippen LogP contribution in [-0.4, -0.2) is 36.1 Å². The molecule has 0 fully saturated rings. The molecule has 1 aliphatic rings. The summed E-state index contributed by atoms with van der Waals surface area (Å²) in [6.45, 7) is 5.85. The van der Waals surface area contributed by atoms with E-state index in [4.69, 9.17) is 9.47 Å². The minimum Gasteiger partial charge on any atom is -0.508 e. The molecule has 0 saturated carbocycles. The summed E-state index contributed by atoms with van der Waals surface area (Å²) in [5.74, 6) is 0.675. The van der Waals surface area contributed by atoms with Crippen molar-refractivity contribution in [3.8, 4) is 28.4 Å². The summed E-state index contributed by atoms with van der Waals surface area (Å²) in [5.41, 5.74) is 4.26. The number of fused-ring (bicyclic) bond motifs is 1. The number of hydrogen-bond donors (Lipinski definition) is 3. The highest BCUT2D eigenvalue weighted by atomic mass is 19.1. The highest BCUT2D eigenvalue weighted by Crippen LogP contribution is 2.45. The van der Waals surface area contributed by atoms with Crippen molar-refractivity contribution in [3.05, 3.63) is 65.5 Å². The fourth-order valence-electron chi connectivity index (χ4n) is 4.34. The third kappa shape index (κ3) is 4.16. The quantitative estimate of drug-likeness (QED) is 0.503. The number of methoxy groups -OCH3 is 1. The first-order valence-corrected chi connectivity index (χ1v) is 10.7. The van der Waals surface area contributed by atoms with Crippen LogP contribution < -0.4 is 19.7 Å². The highest BCUT2D eigenvalue weighted by molar-refractivity contribution is 5.87. The minimum atomic E-state index is -0.795. The lowest BCUT2D eigenvalue weighted by atomic mass is 9.91. The number of phenols is 1. The number of nitrogens with zero attached hydrogens (tertiary/aromatic N) is 1. The summed E-state index contributed by atoms with van der Waals surface area (Å²) >= 11 is 0. The van der Waals surface area contributed by atoms with E-state index in [1.165, 1.54) is 12.1 Å². The minimum absolute atomic E-state index is 0.0951. The normalized spacial score (nSPS) is 16.7. The molecule has 0 aromatic heterocycles. The zero-order valence-corrected chi connectivity index (χ0v) is 19.4. The highest BCUT2D eigenvalue weighted by Gasteiger charge is 2.38. The second-order valence-corrected chi connectivity index (χ2v) is 8.90. The van der Waals surface area contributed by atoms with E-state index in [0.717, 1.165) is 33.6 Å². The molecule has 4 rings (SSSR count). The van der Waals surface area contributed by atoms with Gasteiger partial charge in [-0.25, -0.2) is 4.39 Å². The molecule has 0 aliphatic carbocycles. The lowest BCUT2D eigenvalue weighted by molar-refractivity contribution is 0.111. The van der Waals surface area contributed by atoms with Gasteiger partial charge in [0, 0.05) is 30.3 Å². The lowest BCUT2D eigenvalue weighted by Crippen LogP contribution is -2.56. The van der Waals surface area contributed by atoms with E-state index in [1.807, 2.05) is 44.9 Å². The number of aryl methyl sites for hydroxylation is 1. The second kappa shape index (κ2) is 8.48. The average molecular weight is 453 g/mol. The van der Waals surface area contributed by atoms with Gasteiger partial charge in [0.15, 0.2) is 0 Å². The van der Waals surface area contributed by atoms with Crippen molar-refractivity contribution in [2.75, 3.05) is 24.4 Å². The fraction of sp³-hybridized carbons (Fsp3) is 0.308. The smallest absolute Gasteiger partial charge is 0.149 e. The van der Waals surface area contributed by atoms with Crippen molar-refractivity contribution in [2.24, 2.45) is 0 Å². The predicted octanol–water partition coefficient (Wildman–Crippen LogP) is 5.05. The van der Waals surface area contributed by atoms with Gasteiger partial charge < -0.3 is 29.9 Å². The van der Waals surface area contributed by atoms with Crippen molar-refractivity contribution in [2.45, 2.75) is 39.1 Å². The molecule has 1 unspecified atom stereocenters. The molecule has 1 atom stereocenters. The van der Waals surface area contributed by atoms with Crippen LogP contribution in [-0.2, 0) is 6.61 Å². The number of aliphatic hydroxyl groups excluding tert-OH is 1. The molecule has 0 radical (unpaired) electrons. The Kier molecular flexibility index (Phi) is 5.84. The van der Waals surface area contributed by atoms with Crippen LogP contribution in [0.1, 0.15) is 25.0 Å². The maximum Gasteiger partial charge on any atom is 0.149 e. The average Bonchev–Trinajstić information content (AvgIpc) is 2.77. The number of anilines is 2. The molecule has 1 aliphatic heterocycles. The van der Waals surface area contributed by atoms with Crippen LogP contribution in [0.25, 0.3) is 11.1 Å². The van der Waals surface area contributed by atoms with Crippen molar-refractivity contribution >= 4 is 11.4 Å². The Morgan fingerprint density at radius 2 is 1.79 bits per heavy atom. The van der Waals surface area contributed by atoms with Gasteiger partial charge in [-0.3, -0.25) is 0 Å². The maximum absolute atomic E-state index is 13.9. The lowest BCUT2D eigenvalue weighted by Gasteiger charge is -2.46. The van der Waals surface area contributed by atoms with Gasteiger partial charge in [-0.2, -0.15) is 0 Å². The monoisotopic (exact) mass is 452 g/mol. The molecule has 6 nitrogen and oxygen atoms in total. The molecule has 3 aromatic carbocycles. The molecule has 174 valence electrons. The Morgan fingerprint density at radius 3 is 2.52 bits per heavy atom. The summed E-state index contributed by atoms with van der Waals surface area (Å²) in [7, 11) is 3.38. The number of halogens is 1. The van der Waals surface area contributed by atoms with E-state index in [1.54, 1.807) is 31.4 Å². The Bertz CT molecular complexity index is 1200. The number of nitrogens with one attached hydrogen (secondary N) is 1. The number of benzene rings is 3. The van der Waals surface area contributed by atoms with Crippen LogP contribution >= 0.6 is 0 Å². The molecule has 0 spiro atoms. The van der Waals surface area contributed by atoms with Crippen LogP contribution in [0.5, 0.6) is 17.2 Å². The summed E-state index contributed by atoms with van der Waals surface area (Å²) in [6.07, 6.45) is -0.795. The number of hydrogen-bond acceptors (Lipinski definition) is 6. The molecule has 7 heteroatoms. The molecule has 3 aromatic rings. The van der Waals surface area contributed by atoms with Crippen LogP contribution in [0.3, 0.4) is 0 Å². The first-order valence-electron chi connectivity index (χ1n) is 10.7. The molecule has 0 bridgehead atoms. The van der Waals surface area contributed by atoms with Gasteiger partial charge in [-0.05, 0) is 56.2 Å². The SMILES string of the molecule is COc1cc(O)ccc1-c1ccc2c(c1COc1cc(F)ccc1C)N(C)C(O)C(C)(C)N2. The molecular formula is C26H29FN2O4. The summed E-state index contributed by atoms with van der Waals surface area (Å²) < 4.78 is 25.5. The van der Waals surface area contributed by atoms with Crippen molar-refractivity contribution in [1.82, 2.24) is 0 Å². The number of aromatic hydroxyl groups is 1. The fourth-order valence-corrected chi connectivity index (χ4v) is 4.34.